The summed E-state index contributed by atoms with van der Waals surface area (Å²) in [5.41, 5.74) is 1.78. The molecule has 0 aromatic rings. The predicted octanol–water partition coefficient (Wildman–Crippen LogP) is 5.65. The summed E-state index contributed by atoms with van der Waals surface area (Å²) >= 11 is 0. The van der Waals surface area contributed by atoms with Gasteiger partial charge in [0.05, 0.1) is 0 Å². The van der Waals surface area contributed by atoms with Crippen LogP contribution in [0.15, 0.2) is 11.6 Å². The highest BCUT2D eigenvalue weighted by Crippen LogP contribution is 2.66. The first-order valence-electron chi connectivity index (χ1n) is 9.63. The van der Waals surface area contributed by atoms with Crippen molar-refractivity contribution in [3.05, 3.63) is 11.6 Å². The summed E-state index contributed by atoms with van der Waals surface area (Å²) < 4.78 is 0. The smallest absolute Gasteiger partial charge is 0.00457 e. The molecule has 4 rings (SSSR count). The fraction of sp³-hybridized carbons (Fsp3) is 0.905. The van der Waals surface area contributed by atoms with Crippen LogP contribution >= 0.6 is 0 Å². The first kappa shape index (κ1) is 14.3. The lowest BCUT2D eigenvalue weighted by atomic mass is 9.38. The lowest BCUT2D eigenvalue weighted by Gasteiger charge is -2.66. The fourth-order valence-corrected chi connectivity index (χ4v) is 7.23. The Morgan fingerprint density at radius 1 is 0.952 bits per heavy atom. The standard InChI is InChI=1S/C21H34/c1-10-7-16(10)13(4)19-11(2)8-17(19)14(5)21-15(6)18-9-12(3)20(18)21/h7,10-15,17-21H,8-9H2,1-6H3. The minimum atomic E-state index is 0.822. The summed E-state index contributed by atoms with van der Waals surface area (Å²) in [6.07, 6.45) is 5.54. The van der Waals surface area contributed by atoms with Crippen LogP contribution < -0.4 is 0 Å². The van der Waals surface area contributed by atoms with Gasteiger partial charge in [-0.05, 0) is 77.9 Å². The fourth-order valence-electron chi connectivity index (χ4n) is 7.23. The number of hydrogen-bond donors (Lipinski definition) is 0. The van der Waals surface area contributed by atoms with Crippen molar-refractivity contribution in [2.45, 2.75) is 54.4 Å². The van der Waals surface area contributed by atoms with Crippen molar-refractivity contribution in [2.24, 2.45) is 65.1 Å². The van der Waals surface area contributed by atoms with Gasteiger partial charge in [-0.1, -0.05) is 53.2 Å². The molecule has 4 aliphatic carbocycles. The number of allylic oxidation sites excluding steroid dienone is 2. The molecule has 3 fully saturated rings. The molecule has 21 heavy (non-hydrogen) atoms. The molecular formula is C21H34. The normalized spacial score (nSPS) is 57.0. The summed E-state index contributed by atoms with van der Waals surface area (Å²) in [7, 11) is 0. The van der Waals surface area contributed by atoms with Crippen molar-refractivity contribution in [3.63, 3.8) is 0 Å². The van der Waals surface area contributed by atoms with Crippen LogP contribution in [0.25, 0.3) is 0 Å². The van der Waals surface area contributed by atoms with Gasteiger partial charge in [-0.3, -0.25) is 0 Å². The Hall–Kier alpha value is -0.260. The zero-order chi connectivity index (χ0) is 15.0. The topological polar surface area (TPSA) is 0 Å². The highest BCUT2D eigenvalue weighted by atomic mass is 14.7. The SMILES string of the molecule is CC1C=C1C(C)C1C(C)CC1C(C)C1C(C)C2CC(C)C21. The molecule has 0 aliphatic heterocycles. The Balaban J connectivity index is 1.45. The van der Waals surface area contributed by atoms with E-state index in [4.69, 9.17) is 0 Å². The van der Waals surface area contributed by atoms with Crippen LogP contribution in [-0.4, -0.2) is 0 Å². The third kappa shape index (κ3) is 1.86. The third-order valence-electron chi connectivity index (χ3n) is 8.56. The summed E-state index contributed by atoms with van der Waals surface area (Å²) in [5, 5.41) is 0. The maximum Gasteiger partial charge on any atom is -0.00457 e. The minimum Gasteiger partial charge on any atom is -0.0775 e. The first-order chi connectivity index (χ1) is 9.91. The van der Waals surface area contributed by atoms with Crippen molar-refractivity contribution < 1.29 is 0 Å². The second-order valence-corrected chi connectivity index (χ2v) is 9.45. The van der Waals surface area contributed by atoms with Crippen molar-refractivity contribution in [1.29, 1.82) is 0 Å². The van der Waals surface area contributed by atoms with Gasteiger partial charge >= 0.3 is 0 Å². The Kier molecular flexibility index (Phi) is 3.15. The highest BCUT2D eigenvalue weighted by molar-refractivity contribution is 5.31. The Bertz CT molecular complexity index is 461. The summed E-state index contributed by atoms with van der Waals surface area (Å²) in [4.78, 5) is 0. The summed E-state index contributed by atoms with van der Waals surface area (Å²) in [6, 6.07) is 0. The van der Waals surface area contributed by atoms with Gasteiger partial charge in [0.1, 0.15) is 0 Å². The molecule has 0 nitrogen and oxygen atoms in total. The lowest BCUT2D eigenvalue weighted by Crippen LogP contribution is -2.61. The van der Waals surface area contributed by atoms with Crippen LogP contribution in [0.4, 0.5) is 0 Å². The number of hydrogen-bond acceptors (Lipinski definition) is 0. The van der Waals surface area contributed by atoms with E-state index in [1.165, 1.54) is 12.8 Å². The third-order valence-corrected chi connectivity index (χ3v) is 8.56. The van der Waals surface area contributed by atoms with Crippen molar-refractivity contribution in [3.8, 4) is 0 Å². The molecule has 0 N–H and O–H groups in total. The summed E-state index contributed by atoms with van der Waals surface area (Å²) in [6.45, 7) is 15.1. The zero-order valence-electron chi connectivity index (χ0n) is 14.8. The highest BCUT2D eigenvalue weighted by Gasteiger charge is 2.60. The van der Waals surface area contributed by atoms with Crippen molar-refractivity contribution in [1.82, 2.24) is 0 Å². The minimum absolute atomic E-state index is 0.822. The molecule has 0 amide bonds. The van der Waals surface area contributed by atoms with E-state index in [1.807, 2.05) is 0 Å². The van der Waals surface area contributed by atoms with E-state index in [1.54, 1.807) is 5.57 Å². The van der Waals surface area contributed by atoms with Crippen LogP contribution in [0.3, 0.4) is 0 Å². The van der Waals surface area contributed by atoms with Crippen LogP contribution in [0.1, 0.15) is 54.4 Å². The molecule has 0 saturated heterocycles. The van der Waals surface area contributed by atoms with Crippen LogP contribution in [0, 0.1) is 65.1 Å². The van der Waals surface area contributed by atoms with E-state index in [0.717, 1.165) is 65.1 Å². The van der Waals surface area contributed by atoms with Crippen LogP contribution in [-0.2, 0) is 0 Å². The van der Waals surface area contributed by atoms with E-state index in [-0.39, 0.29) is 0 Å². The Morgan fingerprint density at radius 3 is 2.14 bits per heavy atom. The second-order valence-electron chi connectivity index (χ2n) is 9.45. The molecule has 0 heterocycles. The maximum absolute atomic E-state index is 2.61. The van der Waals surface area contributed by atoms with Gasteiger partial charge in [0, 0.05) is 0 Å². The van der Waals surface area contributed by atoms with Crippen LogP contribution in [0.5, 0.6) is 0 Å². The van der Waals surface area contributed by atoms with Gasteiger partial charge in [0.25, 0.3) is 0 Å². The zero-order valence-corrected chi connectivity index (χ0v) is 14.8. The maximum atomic E-state index is 2.61. The molecule has 0 spiro atoms. The number of rotatable bonds is 4. The predicted molar refractivity (Wildman–Crippen MR) is 89.8 cm³/mol. The molecule has 11 atom stereocenters. The molecule has 0 aromatic heterocycles. The molecule has 3 saturated carbocycles. The van der Waals surface area contributed by atoms with Gasteiger partial charge in [0.2, 0.25) is 0 Å². The van der Waals surface area contributed by atoms with Crippen LogP contribution in [0.2, 0.25) is 0 Å². The van der Waals surface area contributed by atoms with Crippen molar-refractivity contribution in [2.75, 3.05) is 0 Å². The molecule has 118 valence electrons. The summed E-state index contributed by atoms with van der Waals surface area (Å²) in [5.74, 6) is 10.9. The van der Waals surface area contributed by atoms with Gasteiger partial charge in [0.15, 0.2) is 0 Å². The van der Waals surface area contributed by atoms with Crippen molar-refractivity contribution >= 4 is 0 Å². The second kappa shape index (κ2) is 4.62. The molecule has 0 bridgehead atoms. The lowest BCUT2D eigenvalue weighted by molar-refractivity contribution is -0.183. The average molecular weight is 287 g/mol. The van der Waals surface area contributed by atoms with Gasteiger partial charge < -0.3 is 0 Å². The Labute approximate surface area is 131 Å². The van der Waals surface area contributed by atoms with Gasteiger partial charge in [-0.25, -0.2) is 0 Å². The molecule has 0 heteroatoms. The quantitative estimate of drug-likeness (QED) is 0.586. The average Bonchev–Trinajstić information content (AvgIpc) is 3.14. The molecular weight excluding hydrogens is 252 g/mol. The molecule has 11 unspecified atom stereocenters. The Morgan fingerprint density at radius 2 is 1.62 bits per heavy atom. The van der Waals surface area contributed by atoms with E-state index in [0.29, 0.717) is 0 Å². The van der Waals surface area contributed by atoms with Gasteiger partial charge in [-0.15, -0.1) is 0 Å². The monoisotopic (exact) mass is 286 g/mol. The van der Waals surface area contributed by atoms with Gasteiger partial charge in [-0.2, -0.15) is 0 Å². The van der Waals surface area contributed by atoms with E-state index < -0.39 is 0 Å². The van der Waals surface area contributed by atoms with E-state index in [2.05, 4.69) is 47.6 Å². The largest absolute Gasteiger partial charge is 0.0775 e. The number of fused-ring (bicyclic) bond motifs is 1. The van der Waals surface area contributed by atoms with E-state index in [9.17, 15) is 0 Å². The first-order valence-corrected chi connectivity index (χ1v) is 9.63. The molecule has 4 aliphatic rings. The van der Waals surface area contributed by atoms with E-state index >= 15 is 0 Å². The molecule has 0 radical (unpaired) electrons. The molecule has 0 aromatic carbocycles.